The van der Waals surface area contributed by atoms with Gasteiger partial charge in [-0.2, -0.15) is 0 Å². The van der Waals surface area contributed by atoms with E-state index in [1.807, 2.05) is 0 Å². The third kappa shape index (κ3) is 2.93. The molecule has 1 nitrogen and oxygen atoms in total. The van der Waals surface area contributed by atoms with Crippen LogP contribution in [0.3, 0.4) is 0 Å². The maximum absolute atomic E-state index is 2.76. The third-order valence-corrected chi connectivity index (χ3v) is 5.95. The molecule has 0 amide bonds. The van der Waals surface area contributed by atoms with E-state index in [4.69, 9.17) is 0 Å². The highest BCUT2D eigenvalue weighted by molar-refractivity contribution is 5.66. The fraction of sp³-hybridized carbons (Fsp3) is 0.391. The predicted molar refractivity (Wildman–Crippen MR) is 102 cm³/mol. The topological polar surface area (TPSA) is 3.24 Å². The van der Waals surface area contributed by atoms with Gasteiger partial charge < -0.3 is 0 Å². The smallest absolute Gasteiger partial charge is 0.0464 e. The van der Waals surface area contributed by atoms with Gasteiger partial charge in [-0.15, -0.1) is 0 Å². The summed E-state index contributed by atoms with van der Waals surface area (Å²) >= 11 is 0. The summed E-state index contributed by atoms with van der Waals surface area (Å²) in [5, 5.41) is 0. The van der Waals surface area contributed by atoms with Crippen molar-refractivity contribution in [3.05, 3.63) is 77.9 Å². The number of hydrogen-bond acceptors (Lipinski definition) is 1. The van der Waals surface area contributed by atoms with Crippen molar-refractivity contribution in [2.75, 3.05) is 13.1 Å². The quantitative estimate of drug-likeness (QED) is 0.708. The minimum atomic E-state index is 0.262. The number of hydrogen-bond donors (Lipinski definition) is 0. The monoisotopic (exact) mass is 317 g/mol. The Kier molecular flexibility index (Phi) is 4.53. The maximum Gasteiger partial charge on any atom is 0.0464 e. The molecule has 1 aliphatic carbocycles. The minimum Gasteiger partial charge on any atom is -0.290 e. The van der Waals surface area contributed by atoms with Gasteiger partial charge in [0.1, 0.15) is 0 Å². The van der Waals surface area contributed by atoms with Gasteiger partial charge in [-0.1, -0.05) is 86.0 Å². The van der Waals surface area contributed by atoms with Crippen LogP contribution in [-0.2, 0) is 5.54 Å². The second-order valence-electron chi connectivity index (χ2n) is 7.25. The summed E-state index contributed by atoms with van der Waals surface area (Å²) in [5.41, 5.74) is 4.71. The van der Waals surface area contributed by atoms with Gasteiger partial charge >= 0.3 is 0 Å². The van der Waals surface area contributed by atoms with Crippen molar-refractivity contribution in [3.8, 4) is 0 Å². The van der Waals surface area contributed by atoms with Crippen LogP contribution < -0.4 is 0 Å². The van der Waals surface area contributed by atoms with Crippen molar-refractivity contribution in [1.82, 2.24) is 4.90 Å². The van der Waals surface area contributed by atoms with Crippen LogP contribution in [0.25, 0.3) is 5.57 Å². The molecule has 0 saturated heterocycles. The Labute approximate surface area is 146 Å². The van der Waals surface area contributed by atoms with E-state index in [9.17, 15) is 0 Å². The maximum atomic E-state index is 2.76. The van der Waals surface area contributed by atoms with Crippen LogP contribution in [0.2, 0.25) is 0 Å². The number of rotatable bonds is 3. The SMILES string of the molecule is C1=C(c2ccccc2)CCN(C2(c3ccccc3)CCCCC2)C1. The van der Waals surface area contributed by atoms with Gasteiger partial charge in [0.2, 0.25) is 0 Å². The van der Waals surface area contributed by atoms with Gasteiger partial charge in [0.25, 0.3) is 0 Å². The summed E-state index contributed by atoms with van der Waals surface area (Å²) in [6.07, 6.45) is 10.4. The first-order valence-corrected chi connectivity index (χ1v) is 9.44. The summed E-state index contributed by atoms with van der Waals surface area (Å²) in [5.74, 6) is 0. The molecule has 1 heterocycles. The summed E-state index contributed by atoms with van der Waals surface area (Å²) in [7, 11) is 0. The van der Waals surface area contributed by atoms with Crippen molar-refractivity contribution in [1.29, 1.82) is 0 Å². The molecule has 124 valence electrons. The highest BCUT2D eigenvalue weighted by Crippen LogP contribution is 2.43. The Morgan fingerprint density at radius 3 is 2.04 bits per heavy atom. The van der Waals surface area contributed by atoms with Gasteiger partial charge in [0, 0.05) is 18.6 Å². The van der Waals surface area contributed by atoms with E-state index < -0.39 is 0 Å². The summed E-state index contributed by atoms with van der Waals surface area (Å²) in [6.45, 7) is 2.26. The molecule has 24 heavy (non-hydrogen) atoms. The standard InChI is InChI=1S/C23H27N/c1-4-10-20(11-5-1)21-14-18-24(19-15-21)23(16-8-3-9-17-23)22-12-6-2-7-13-22/h1-2,4-7,10-14H,3,8-9,15-19H2. The number of benzene rings is 2. The Balaban J connectivity index is 1.61. The first kappa shape index (κ1) is 15.7. The van der Waals surface area contributed by atoms with Gasteiger partial charge in [-0.05, 0) is 36.0 Å². The molecule has 2 aromatic carbocycles. The van der Waals surface area contributed by atoms with Gasteiger partial charge in [-0.25, -0.2) is 0 Å². The van der Waals surface area contributed by atoms with E-state index in [0.29, 0.717) is 0 Å². The molecule has 0 N–H and O–H groups in total. The molecule has 0 radical (unpaired) electrons. The van der Waals surface area contributed by atoms with E-state index >= 15 is 0 Å². The van der Waals surface area contributed by atoms with E-state index in [-0.39, 0.29) is 5.54 Å². The van der Waals surface area contributed by atoms with E-state index in [1.54, 1.807) is 0 Å². The molecule has 4 rings (SSSR count). The highest BCUT2D eigenvalue weighted by Gasteiger charge is 2.39. The zero-order chi connectivity index (χ0) is 16.2. The van der Waals surface area contributed by atoms with Crippen molar-refractivity contribution >= 4 is 5.57 Å². The summed E-state index contributed by atoms with van der Waals surface area (Å²) in [6, 6.07) is 22.1. The van der Waals surface area contributed by atoms with Crippen LogP contribution in [0.5, 0.6) is 0 Å². The first-order valence-electron chi connectivity index (χ1n) is 9.44. The molecule has 1 aliphatic heterocycles. The zero-order valence-corrected chi connectivity index (χ0v) is 14.5. The molecule has 1 fully saturated rings. The Bertz CT molecular complexity index is 680. The molecule has 0 unspecified atom stereocenters. The van der Waals surface area contributed by atoms with Crippen LogP contribution in [0.1, 0.15) is 49.7 Å². The van der Waals surface area contributed by atoms with Gasteiger partial charge in [0.05, 0.1) is 0 Å². The molecular formula is C23H27N. The molecule has 2 aliphatic rings. The lowest BCUT2D eigenvalue weighted by Crippen LogP contribution is -2.49. The van der Waals surface area contributed by atoms with Crippen molar-refractivity contribution in [3.63, 3.8) is 0 Å². The van der Waals surface area contributed by atoms with Crippen molar-refractivity contribution in [2.24, 2.45) is 0 Å². The lowest BCUT2D eigenvalue weighted by atomic mass is 9.74. The third-order valence-electron chi connectivity index (χ3n) is 5.95. The molecule has 1 saturated carbocycles. The van der Waals surface area contributed by atoms with Gasteiger partial charge in [0.15, 0.2) is 0 Å². The fourth-order valence-electron chi connectivity index (χ4n) is 4.64. The zero-order valence-electron chi connectivity index (χ0n) is 14.5. The molecular weight excluding hydrogens is 290 g/mol. The van der Waals surface area contributed by atoms with Crippen LogP contribution in [-0.4, -0.2) is 18.0 Å². The Morgan fingerprint density at radius 1 is 0.750 bits per heavy atom. The fourth-order valence-corrected chi connectivity index (χ4v) is 4.64. The van der Waals surface area contributed by atoms with E-state index in [2.05, 4.69) is 71.6 Å². The molecule has 1 heteroatoms. The highest BCUT2D eigenvalue weighted by atomic mass is 15.2. The largest absolute Gasteiger partial charge is 0.290 e. The van der Waals surface area contributed by atoms with Crippen LogP contribution in [0.15, 0.2) is 66.7 Å². The predicted octanol–water partition coefficient (Wildman–Crippen LogP) is 5.64. The molecule has 0 bridgehead atoms. The second kappa shape index (κ2) is 6.94. The molecule has 0 spiro atoms. The van der Waals surface area contributed by atoms with Crippen LogP contribution >= 0.6 is 0 Å². The van der Waals surface area contributed by atoms with E-state index in [0.717, 1.165) is 6.54 Å². The van der Waals surface area contributed by atoms with Crippen LogP contribution in [0.4, 0.5) is 0 Å². The average Bonchev–Trinajstić information content (AvgIpc) is 2.70. The number of nitrogens with zero attached hydrogens (tertiary/aromatic N) is 1. The summed E-state index contributed by atoms with van der Waals surface area (Å²) in [4.78, 5) is 2.76. The molecule has 0 aromatic heterocycles. The molecule has 0 atom stereocenters. The summed E-state index contributed by atoms with van der Waals surface area (Å²) < 4.78 is 0. The normalized spacial score (nSPS) is 21.2. The average molecular weight is 317 g/mol. The van der Waals surface area contributed by atoms with Crippen LogP contribution in [0, 0.1) is 0 Å². The first-order chi connectivity index (χ1) is 11.9. The lowest BCUT2D eigenvalue weighted by molar-refractivity contribution is 0.0569. The van der Waals surface area contributed by atoms with Crippen molar-refractivity contribution in [2.45, 2.75) is 44.1 Å². The second-order valence-corrected chi connectivity index (χ2v) is 7.25. The van der Waals surface area contributed by atoms with Gasteiger partial charge in [-0.3, -0.25) is 4.90 Å². The molecule has 2 aromatic rings. The van der Waals surface area contributed by atoms with E-state index in [1.165, 1.54) is 61.8 Å². The Hall–Kier alpha value is -1.86. The Morgan fingerprint density at radius 2 is 1.42 bits per heavy atom. The van der Waals surface area contributed by atoms with Crippen molar-refractivity contribution < 1.29 is 0 Å². The lowest BCUT2D eigenvalue weighted by Gasteiger charge is -2.48. The minimum absolute atomic E-state index is 0.262.